The fourth-order valence-corrected chi connectivity index (χ4v) is 3.93. The van der Waals surface area contributed by atoms with Crippen LogP contribution in [-0.2, 0) is 5.75 Å². The minimum absolute atomic E-state index is 0.650. The van der Waals surface area contributed by atoms with Crippen molar-refractivity contribution in [2.24, 2.45) is 0 Å². The van der Waals surface area contributed by atoms with Crippen molar-refractivity contribution in [2.45, 2.75) is 17.8 Å². The second kappa shape index (κ2) is 6.45. The zero-order chi connectivity index (χ0) is 16.5. The van der Waals surface area contributed by atoms with E-state index < -0.39 is 0 Å². The van der Waals surface area contributed by atoms with Crippen molar-refractivity contribution in [1.82, 2.24) is 24.3 Å². The van der Waals surface area contributed by atoms with Gasteiger partial charge >= 0.3 is 0 Å². The number of benzene rings is 1. The second-order valence-corrected chi connectivity index (χ2v) is 6.80. The van der Waals surface area contributed by atoms with Crippen LogP contribution in [0.3, 0.4) is 0 Å². The molecule has 4 aromatic rings. The highest BCUT2D eigenvalue weighted by molar-refractivity contribution is 9.10. The average molecular weight is 404 g/mol. The predicted molar refractivity (Wildman–Crippen MR) is 97.5 cm³/mol. The maximum absolute atomic E-state index is 5.52. The zero-order valence-corrected chi connectivity index (χ0v) is 15.3. The van der Waals surface area contributed by atoms with Crippen LogP contribution in [0.25, 0.3) is 16.8 Å². The Bertz CT molecular complexity index is 1010. The van der Waals surface area contributed by atoms with Gasteiger partial charge in [-0.05, 0) is 41.1 Å². The largest absolute Gasteiger partial charge is 0.494 e. The molecular weight excluding hydrogens is 390 g/mol. The third-order valence-corrected chi connectivity index (χ3v) is 5.22. The van der Waals surface area contributed by atoms with Gasteiger partial charge in [0.1, 0.15) is 10.4 Å². The molecule has 1 N–H and O–H groups in total. The van der Waals surface area contributed by atoms with Crippen LogP contribution in [0.15, 0.2) is 46.4 Å². The number of imidazole rings is 2. The van der Waals surface area contributed by atoms with Crippen LogP contribution in [0, 0.1) is 0 Å². The van der Waals surface area contributed by atoms with Crippen molar-refractivity contribution >= 4 is 44.5 Å². The Balaban J connectivity index is 1.56. The fourth-order valence-electron chi connectivity index (χ4n) is 2.42. The van der Waals surface area contributed by atoms with Gasteiger partial charge in [-0.2, -0.15) is 0 Å². The number of thioether (sulfide) groups is 1. The van der Waals surface area contributed by atoms with Crippen molar-refractivity contribution < 1.29 is 4.74 Å². The zero-order valence-electron chi connectivity index (χ0n) is 12.9. The summed E-state index contributed by atoms with van der Waals surface area (Å²) >= 11 is 5.19. The number of ether oxygens (including phenoxy) is 1. The smallest absolute Gasteiger partial charge is 0.234 e. The molecule has 4 rings (SSSR count). The highest BCUT2D eigenvalue weighted by Crippen LogP contribution is 2.28. The fraction of sp³-hybridized carbons (Fsp3) is 0.188. The quantitative estimate of drug-likeness (QED) is 0.508. The van der Waals surface area contributed by atoms with Crippen molar-refractivity contribution in [1.29, 1.82) is 0 Å². The molecule has 0 fully saturated rings. The predicted octanol–water partition coefficient (Wildman–Crippen LogP) is 4.06. The molecule has 0 aliphatic heterocycles. The Morgan fingerprint density at radius 2 is 2.25 bits per heavy atom. The lowest BCUT2D eigenvalue weighted by atomic mass is 10.3. The minimum Gasteiger partial charge on any atom is -0.494 e. The third-order valence-electron chi connectivity index (χ3n) is 3.50. The van der Waals surface area contributed by atoms with Crippen LogP contribution in [0.5, 0.6) is 5.75 Å². The van der Waals surface area contributed by atoms with Crippen LogP contribution in [-0.4, -0.2) is 30.9 Å². The van der Waals surface area contributed by atoms with Gasteiger partial charge in [-0.3, -0.25) is 4.40 Å². The molecule has 3 aromatic heterocycles. The van der Waals surface area contributed by atoms with E-state index in [0.29, 0.717) is 18.1 Å². The van der Waals surface area contributed by atoms with Crippen LogP contribution in [0.1, 0.15) is 12.6 Å². The maximum Gasteiger partial charge on any atom is 0.234 e. The van der Waals surface area contributed by atoms with Crippen LogP contribution in [0.4, 0.5) is 0 Å². The monoisotopic (exact) mass is 403 g/mol. The van der Waals surface area contributed by atoms with E-state index in [1.54, 1.807) is 18.0 Å². The van der Waals surface area contributed by atoms with Crippen molar-refractivity contribution in [2.75, 3.05) is 6.61 Å². The summed E-state index contributed by atoms with van der Waals surface area (Å²) in [5.41, 5.74) is 2.84. The van der Waals surface area contributed by atoms with Gasteiger partial charge in [-0.1, -0.05) is 11.8 Å². The Morgan fingerprint density at radius 3 is 3.08 bits per heavy atom. The lowest BCUT2D eigenvalue weighted by Gasteiger charge is -2.00. The lowest BCUT2D eigenvalue weighted by Crippen LogP contribution is -1.90. The molecule has 24 heavy (non-hydrogen) atoms. The first kappa shape index (κ1) is 15.5. The Kier molecular flexibility index (Phi) is 4.15. The number of hydrogen-bond acceptors (Lipinski definition) is 5. The number of aromatic nitrogens is 5. The third kappa shape index (κ3) is 2.87. The summed E-state index contributed by atoms with van der Waals surface area (Å²) in [4.78, 5) is 16.7. The highest BCUT2D eigenvalue weighted by atomic mass is 79.9. The van der Waals surface area contributed by atoms with Gasteiger partial charge in [0.2, 0.25) is 5.78 Å². The molecule has 8 heteroatoms. The van der Waals surface area contributed by atoms with Gasteiger partial charge < -0.3 is 9.72 Å². The summed E-state index contributed by atoms with van der Waals surface area (Å²) in [6.45, 7) is 2.62. The molecule has 1 aromatic carbocycles. The molecule has 0 unspecified atom stereocenters. The van der Waals surface area contributed by atoms with Gasteiger partial charge in [0, 0.05) is 24.2 Å². The topological polar surface area (TPSA) is 68.1 Å². The summed E-state index contributed by atoms with van der Waals surface area (Å²) in [5.74, 6) is 2.23. The summed E-state index contributed by atoms with van der Waals surface area (Å²) in [7, 11) is 0. The van der Waals surface area contributed by atoms with Crippen LogP contribution < -0.4 is 4.74 Å². The molecule has 0 radical (unpaired) electrons. The van der Waals surface area contributed by atoms with Crippen LogP contribution >= 0.6 is 27.7 Å². The van der Waals surface area contributed by atoms with Gasteiger partial charge in [0.05, 0.1) is 23.3 Å². The molecule has 0 atom stereocenters. The van der Waals surface area contributed by atoms with Crippen molar-refractivity contribution in [3.05, 3.63) is 47.0 Å². The van der Waals surface area contributed by atoms with Gasteiger partial charge in [0.25, 0.3) is 0 Å². The number of hydrogen-bond donors (Lipinski definition) is 1. The number of nitrogens with zero attached hydrogens (tertiary/aromatic N) is 4. The van der Waals surface area contributed by atoms with E-state index in [1.165, 1.54) is 0 Å². The summed E-state index contributed by atoms with van der Waals surface area (Å²) in [6.07, 6.45) is 3.67. The SMILES string of the molecule is CCOc1ccc2nc(SCc3nc4ncccn4c3Br)[nH]c2c1. The molecule has 0 aliphatic carbocycles. The Hall–Kier alpha value is -2.06. The van der Waals surface area contributed by atoms with E-state index in [4.69, 9.17) is 4.74 Å². The number of rotatable bonds is 5. The molecule has 0 saturated heterocycles. The molecule has 3 heterocycles. The molecule has 0 bridgehead atoms. The molecule has 122 valence electrons. The Labute approximate surface area is 150 Å². The van der Waals surface area contributed by atoms with Crippen LogP contribution in [0.2, 0.25) is 0 Å². The summed E-state index contributed by atoms with van der Waals surface area (Å²) < 4.78 is 8.36. The standard InChI is InChI=1S/C16H14BrN5OS/c1-2-23-10-4-5-11-12(8-10)21-16(20-11)24-9-13-14(17)22-7-3-6-18-15(22)19-13/h3-8H,2,9H2,1H3,(H,20,21). The molecule has 0 aliphatic rings. The highest BCUT2D eigenvalue weighted by Gasteiger charge is 2.12. The number of fused-ring (bicyclic) bond motifs is 2. The first-order valence-electron chi connectivity index (χ1n) is 7.47. The summed E-state index contributed by atoms with van der Waals surface area (Å²) in [5, 5.41) is 0.857. The number of halogens is 1. The van der Waals surface area contributed by atoms with E-state index in [-0.39, 0.29) is 0 Å². The molecule has 0 amide bonds. The van der Waals surface area contributed by atoms with Gasteiger partial charge in [0.15, 0.2) is 5.16 Å². The van der Waals surface area contributed by atoms with E-state index in [9.17, 15) is 0 Å². The molecule has 0 spiro atoms. The van der Waals surface area contributed by atoms with Gasteiger partial charge in [-0.25, -0.2) is 15.0 Å². The average Bonchev–Trinajstić information content (AvgIpc) is 3.14. The molecule has 0 saturated carbocycles. The number of nitrogens with one attached hydrogen (secondary N) is 1. The second-order valence-electron chi connectivity index (χ2n) is 5.08. The normalized spacial score (nSPS) is 11.4. The van der Waals surface area contributed by atoms with E-state index in [0.717, 1.165) is 32.2 Å². The molecule has 6 nitrogen and oxygen atoms in total. The lowest BCUT2D eigenvalue weighted by molar-refractivity contribution is 0.340. The number of aromatic amines is 1. The van der Waals surface area contributed by atoms with Crippen molar-refractivity contribution in [3.63, 3.8) is 0 Å². The van der Waals surface area contributed by atoms with E-state index >= 15 is 0 Å². The first-order chi connectivity index (χ1) is 11.7. The Morgan fingerprint density at radius 1 is 1.33 bits per heavy atom. The first-order valence-corrected chi connectivity index (χ1v) is 9.25. The van der Waals surface area contributed by atoms with E-state index in [2.05, 4.69) is 35.9 Å². The van der Waals surface area contributed by atoms with Crippen molar-refractivity contribution in [3.8, 4) is 5.75 Å². The van der Waals surface area contributed by atoms with Gasteiger partial charge in [-0.15, -0.1) is 0 Å². The number of H-pyrrole nitrogens is 1. The minimum atomic E-state index is 0.650. The molecular formula is C16H14BrN5OS. The maximum atomic E-state index is 5.52. The van der Waals surface area contributed by atoms with E-state index in [1.807, 2.05) is 41.8 Å². The summed E-state index contributed by atoms with van der Waals surface area (Å²) in [6, 6.07) is 7.75.